The molecule has 2 atom stereocenters. The first kappa shape index (κ1) is 15.1. The summed E-state index contributed by atoms with van der Waals surface area (Å²) in [7, 11) is 0. The topological polar surface area (TPSA) is 85.5 Å². The number of carbonyl (C=O) groups excluding carboxylic acids is 1. The van der Waals surface area contributed by atoms with Crippen molar-refractivity contribution in [1.29, 1.82) is 0 Å². The number of likely N-dealkylation sites (tertiary alicyclic amines) is 1. The van der Waals surface area contributed by atoms with Gasteiger partial charge < -0.3 is 15.9 Å². The molecule has 4 N–H and O–H groups in total. The van der Waals surface area contributed by atoms with E-state index in [0.29, 0.717) is 12.3 Å². The summed E-state index contributed by atoms with van der Waals surface area (Å²) in [6, 6.07) is 4.10. The number of amides is 1. The van der Waals surface area contributed by atoms with Crippen LogP contribution in [-0.2, 0) is 4.79 Å². The lowest BCUT2D eigenvalue weighted by molar-refractivity contribution is -0.119. The summed E-state index contributed by atoms with van der Waals surface area (Å²) in [5.74, 6) is 1.16. The molecule has 0 spiro atoms. The number of rotatable bonds is 6. The Morgan fingerprint density at radius 3 is 2.70 bits per heavy atom. The molecule has 0 bridgehead atoms. The molecule has 1 aromatic rings. The molecule has 1 saturated heterocycles. The Morgan fingerprint density at radius 1 is 1.50 bits per heavy atom. The molecule has 5 nitrogen and oxygen atoms in total. The number of nitrogens with zero attached hydrogens (tertiary/aromatic N) is 1. The highest BCUT2D eigenvalue weighted by atomic mass is 16.3. The lowest BCUT2D eigenvalue weighted by Crippen LogP contribution is -2.44. The quantitative estimate of drug-likeness (QED) is 0.829. The molecule has 2 heterocycles. The molecule has 2 unspecified atom stereocenters. The van der Waals surface area contributed by atoms with Gasteiger partial charge in [-0.1, -0.05) is 6.92 Å². The summed E-state index contributed by atoms with van der Waals surface area (Å²) >= 11 is 0. The van der Waals surface area contributed by atoms with E-state index in [-0.39, 0.29) is 18.0 Å². The third-order valence-corrected chi connectivity index (χ3v) is 4.24. The second-order valence-electron chi connectivity index (χ2n) is 5.68. The summed E-state index contributed by atoms with van der Waals surface area (Å²) in [6.45, 7) is 3.98. The van der Waals surface area contributed by atoms with Crippen molar-refractivity contribution in [1.82, 2.24) is 4.90 Å². The maximum atomic E-state index is 11.0. The highest BCUT2D eigenvalue weighted by molar-refractivity contribution is 5.73. The van der Waals surface area contributed by atoms with Crippen LogP contribution in [0.4, 0.5) is 0 Å². The van der Waals surface area contributed by atoms with Crippen LogP contribution < -0.4 is 11.5 Å². The molecular formula is C15H25N3O2. The van der Waals surface area contributed by atoms with Crippen molar-refractivity contribution in [2.24, 2.45) is 17.4 Å². The molecule has 0 aliphatic carbocycles. The molecule has 20 heavy (non-hydrogen) atoms. The summed E-state index contributed by atoms with van der Waals surface area (Å²) in [5.41, 5.74) is 11.6. The molecule has 1 aromatic heterocycles. The second-order valence-corrected chi connectivity index (χ2v) is 5.68. The van der Waals surface area contributed by atoms with Gasteiger partial charge in [-0.25, -0.2) is 0 Å². The largest absolute Gasteiger partial charge is 0.468 e. The molecule has 1 amide bonds. The second kappa shape index (κ2) is 6.90. The maximum Gasteiger partial charge on any atom is 0.217 e. The summed E-state index contributed by atoms with van der Waals surface area (Å²) in [4.78, 5) is 13.4. The Balaban J connectivity index is 2.00. The van der Waals surface area contributed by atoms with Crippen LogP contribution in [-0.4, -0.2) is 29.9 Å². The van der Waals surface area contributed by atoms with Crippen molar-refractivity contribution in [3.63, 3.8) is 0 Å². The van der Waals surface area contributed by atoms with E-state index in [1.54, 1.807) is 6.26 Å². The zero-order valence-electron chi connectivity index (χ0n) is 12.1. The predicted octanol–water partition coefficient (Wildman–Crippen LogP) is 1.65. The first-order valence-electron chi connectivity index (χ1n) is 7.43. The van der Waals surface area contributed by atoms with E-state index in [2.05, 4.69) is 11.8 Å². The third kappa shape index (κ3) is 3.61. The van der Waals surface area contributed by atoms with Crippen LogP contribution in [0, 0.1) is 5.92 Å². The molecule has 0 saturated carbocycles. The lowest BCUT2D eigenvalue weighted by atomic mass is 9.90. The lowest BCUT2D eigenvalue weighted by Gasteiger charge is -2.38. The van der Waals surface area contributed by atoms with Crippen molar-refractivity contribution < 1.29 is 9.21 Å². The zero-order valence-corrected chi connectivity index (χ0v) is 12.1. The zero-order chi connectivity index (χ0) is 14.5. The van der Waals surface area contributed by atoms with Crippen LogP contribution in [0.3, 0.4) is 0 Å². The van der Waals surface area contributed by atoms with Gasteiger partial charge in [-0.15, -0.1) is 0 Å². The number of carbonyl (C=O) groups is 1. The van der Waals surface area contributed by atoms with Crippen LogP contribution in [0.1, 0.15) is 44.4 Å². The Hall–Kier alpha value is -1.33. The summed E-state index contributed by atoms with van der Waals surface area (Å²) in [5, 5.41) is 0. The molecular weight excluding hydrogens is 254 g/mol. The van der Waals surface area contributed by atoms with E-state index >= 15 is 0 Å². The van der Waals surface area contributed by atoms with Gasteiger partial charge in [0.25, 0.3) is 0 Å². The molecule has 5 heteroatoms. The fourth-order valence-corrected chi connectivity index (χ4v) is 3.06. The molecule has 1 fully saturated rings. The molecule has 1 aliphatic rings. The first-order valence-corrected chi connectivity index (χ1v) is 7.43. The van der Waals surface area contributed by atoms with Crippen molar-refractivity contribution in [3.05, 3.63) is 24.2 Å². The number of primary amides is 1. The van der Waals surface area contributed by atoms with Gasteiger partial charge in [0.05, 0.1) is 12.3 Å². The average Bonchev–Trinajstić information content (AvgIpc) is 2.94. The van der Waals surface area contributed by atoms with Crippen molar-refractivity contribution in [3.8, 4) is 0 Å². The molecule has 112 valence electrons. The monoisotopic (exact) mass is 279 g/mol. The summed E-state index contributed by atoms with van der Waals surface area (Å²) < 4.78 is 5.57. The van der Waals surface area contributed by atoms with Crippen LogP contribution in [0.15, 0.2) is 22.8 Å². The normalized spacial score (nSPS) is 20.7. The molecule has 0 aromatic carbocycles. The van der Waals surface area contributed by atoms with E-state index in [4.69, 9.17) is 15.9 Å². The number of nitrogens with two attached hydrogens (primary N) is 2. The minimum atomic E-state index is -0.198. The number of hydrogen-bond donors (Lipinski definition) is 2. The SMILES string of the molecule is CCC(N)C(c1ccco1)N1CCC(CC(N)=O)CC1. The van der Waals surface area contributed by atoms with Gasteiger partial charge in [0.2, 0.25) is 5.91 Å². The predicted molar refractivity (Wildman–Crippen MR) is 77.8 cm³/mol. The van der Waals surface area contributed by atoms with Crippen LogP contribution in [0.2, 0.25) is 0 Å². The van der Waals surface area contributed by atoms with Crippen LogP contribution >= 0.6 is 0 Å². The van der Waals surface area contributed by atoms with Gasteiger partial charge in [-0.2, -0.15) is 0 Å². The number of hydrogen-bond acceptors (Lipinski definition) is 4. The molecule has 1 aliphatic heterocycles. The fraction of sp³-hybridized carbons (Fsp3) is 0.667. The fourth-order valence-electron chi connectivity index (χ4n) is 3.06. The van der Waals surface area contributed by atoms with E-state index in [0.717, 1.165) is 38.1 Å². The van der Waals surface area contributed by atoms with Crippen molar-refractivity contribution >= 4 is 5.91 Å². The number of furan rings is 1. The van der Waals surface area contributed by atoms with Gasteiger partial charge in [-0.05, 0) is 50.4 Å². The van der Waals surface area contributed by atoms with Gasteiger partial charge in [0.1, 0.15) is 5.76 Å². The molecule has 2 rings (SSSR count). The summed E-state index contributed by atoms with van der Waals surface area (Å²) in [6.07, 6.45) is 5.10. The van der Waals surface area contributed by atoms with E-state index in [9.17, 15) is 4.79 Å². The maximum absolute atomic E-state index is 11.0. The molecule has 0 radical (unpaired) electrons. The average molecular weight is 279 g/mol. The minimum absolute atomic E-state index is 0.0637. The van der Waals surface area contributed by atoms with E-state index in [1.165, 1.54) is 0 Å². The third-order valence-electron chi connectivity index (χ3n) is 4.24. The highest BCUT2D eigenvalue weighted by Gasteiger charge is 2.31. The Bertz CT molecular complexity index is 411. The van der Waals surface area contributed by atoms with Gasteiger partial charge in [0, 0.05) is 12.5 Å². The van der Waals surface area contributed by atoms with Crippen molar-refractivity contribution in [2.45, 2.75) is 44.7 Å². The Morgan fingerprint density at radius 2 is 2.20 bits per heavy atom. The highest BCUT2D eigenvalue weighted by Crippen LogP contribution is 2.30. The van der Waals surface area contributed by atoms with Gasteiger partial charge in [-0.3, -0.25) is 9.69 Å². The van der Waals surface area contributed by atoms with E-state index in [1.807, 2.05) is 12.1 Å². The smallest absolute Gasteiger partial charge is 0.217 e. The first-order chi connectivity index (χ1) is 9.61. The van der Waals surface area contributed by atoms with Gasteiger partial charge >= 0.3 is 0 Å². The van der Waals surface area contributed by atoms with Crippen LogP contribution in [0.25, 0.3) is 0 Å². The van der Waals surface area contributed by atoms with Crippen molar-refractivity contribution in [2.75, 3.05) is 13.1 Å². The Labute approximate surface area is 120 Å². The Kier molecular flexibility index (Phi) is 5.20. The van der Waals surface area contributed by atoms with Crippen LogP contribution in [0.5, 0.6) is 0 Å². The number of piperidine rings is 1. The standard InChI is InChI=1S/C15H25N3O2/c1-2-12(16)15(13-4-3-9-20-13)18-7-5-11(6-8-18)10-14(17)19/h3-4,9,11-12,15H,2,5-8,10,16H2,1H3,(H2,17,19). The minimum Gasteiger partial charge on any atom is -0.468 e. The van der Waals surface area contributed by atoms with E-state index < -0.39 is 0 Å². The van der Waals surface area contributed by atoms with Gasteiger partial charge in [0.15, 0.2) is 0 Å².